The molecule has 4 atom stereocenters. The third-order valence-electron chi connectivity index (χ3n) is 4.57. The Bertz CT molecular complexity index is 433. The number of carboxylic acid groups (broad SMARTS) is 1. The van der Waals surface area contributed by atoms with Crippen LogP contribution < -0.4 is 0 Å². The summed E-state index contributed by atoms with van der Waals surface area (Å²) in [5, 5.41) is 9.05. The molecular weight excluding hydrogens is 228 g/mol. The van der Waals surface area contributed by atoms with Crippen LogP contribution in [0.1, 0.15) is 33.1 Å². The molecule has 0 aromatic rings. The van der Waals surface area contributed by atoms with Gasteiger partial charge in [-0.2, -0.15) is 0 Å². The van der Waals surface area contributed by atoms with E-state index in [0.717, 1.165) is 18.4 Å². The van der Waals surface area contributed by atoms with Crippen LogP contribution in [0.5, 0.6) is 0 Å². The quantitative estimate of drug-likeness (QED) is 0.604. The molecule has 0 radical (unpaired) electrons. The first-order valence-corrected chi connectivity index (χ1v) is 6.58. The number of carbonyl (C=O) groups is 2. The smallest absolute Gasteiger partial charge is 0.331 e. The third-order valence-corrected chi connectivity index (χ3v) is 4.57. The van der Waals surface area contributed by atoms with E-state index in [1.807, 2.05) is 13.0 Å². The van der Waals surface area contributed by atoms with Gasteiger partial charge < -0.3 is 5.11 Å². The van der Waals surface area contributed by atoms with E-state index < -0.39 is 5.97 Å². The molecular formula is C15H20O3. The maximum atomic E-state index is 11.8. The molecule has 3 nitrogen and oxygen atoms in total. The van der Waals surface area contributed by atoms with Crippen LogP contribution in [0.3, 0.4) is 0 Å². The number of rotatable bonds is 2. The fourth-order valence-electron chi connectivity index (χ4n) is 3.21. The van der Waals surface area contributed by atoms with Crippen LogP contribution in [0.2, 0.25) is 0 Å². The highest BCUT2D eigenvalue weighted by molar-refractivity contribution is 5.89. The van der Waals surface area contributed by atoms with Gasteiger partial charge in [-0.05, 0) is 24.7 Å². The van der Waals surface area contributed by atoms with E-state index in [0.29, 0.717) is 24.0 Å². The number of hydrogen-bond donors (Lipinski definition) is 1. The van der Waals surface area contributed by atoms with Crippen molar-refractivity contribution in [2.45, 2.75) is 33.1 Å². The molecule has 0 spiro atoms. The van der Waals surface area contributed by atoms with Gasteiger partial charge in [0, 0.05) is 23.8 Å². The third kappa shape index (κ3) is 2.14. The van der Waals surface area contributed by atoms with Crippen molar-refractivity contribution in [2.24, 2.45) is 23.7 Å². The lowest BCUT2D eigenvalue weighted by Crippen LogP contribution is -2.11. The number of Topliss-reactive ketones (excluding diaryl/α,β-unsaturated/α-hetero) is 1. The Labute approximate surface area is 108 Å². The van der Waals surface area contributed by atoms with E-state index >= 15 is 0 Å². The van der Waals surface area contributed by atoms with Gasteiger partial charge in [-0.3, -0.25) is 4.79 Å². The minimum Gasteiger partial charge on any atom is -0.478 e. The molecule has 0 aromatic heterocycles. The summed E-state index contributed by atoms with van der Waals surface area (Å²) in [5.41, 5.74) is 1.40. The van der Waals surface area contributed by atoms with Crippen molar-refractivity contribution in [1.82, 2.24) is 0 Å². The summed E-state index contributed by atoms with van der Waals surface area (Å²) in [7, 11) is 0. The Balaban J connectivity index is 2.33. The first-order chi connectivity index (χ1) is 8.41. The first kappa shape index (κ1) is 13.1. The average molecular weight is 248 g/mol. The molecule has 3 heteroatoms. The van der Waals surface area contributed by atoms with E-state index in [2.05, 4.69) is 13.5 Å². The molecule has 98 valence electrons. The number of hydrogen-bond acceptors (Lipinski definition) is 2. The van der Waals surface area contributed by atoms with Gasteiger partial charge in [-0.25, -0.2) is 4.79 Å². The predicted octanol–water partition coefficient (Wildman–Crippen LogP) is 2.82. The Morgan fingerprint density at radius 3 is 2.67 bits per heavy atom. The first-order valence-electron chi connectivity index (χ1n) is 6.58. The number of allylic oxidation sites excluding steroid dienone is 2. The molecule has 2 unspecified atom stereocenters. The van der Waals surface area contributed by atoms with Crippen molar-refractivity contribution in [1.29, 1.82) is 0 Å². The highest BCUT2D eigenvalue weighted by atomic mass is 16.4. The normalized spacial score (nSPS) is 35.7. The van der Waals surface area contributed by atoms with Crippen molar-refractivity contribution in [2.75, 3.05) is 0 Å². The van der Waals surface area contributed by atoms with E-state index in [1.165, 1.54) is 0 Å². The molecule has 0 aromatic carbocycles. The predicted molar refractivity (Wildman–Crippen MR) is 69.0 cm³/mol. The molecule has 1 N–H and O–H groups in total. The molecule has 0 aliphatic heterocycles. The van der Waals surface area contributed by atoms with Gasteiger partial charge in [-0.1, -0.05) is 32.1 Å². The molecule has 18 heavy (non-hydrogen) atoms. The van der Waals surface area contributed by atoms with Gasteiger partial charge >= 0.3 is 5.97 Å². The summed E-state index contributed by atoms with van der Waals surface area (Å²) in [6.07, 6.45) is 4.43. The zero-order chi connectivity index (χ0) is 13.4. The van der Waals surface area contributed by atoms with E-state index in [9.17, 15) is 9.59 Å². The fraction of sp³-hybridized carbons (Fsp3) is 0.600. The van der Waals surface area contributed by atoms with Crippen molar-refractivity contribution in [3.8, 4) is 0 Å². The van der Waals surface area contributed by atoms with Crippen LogP contribution in [0.25, 0.3) is 0 Å². The van der Waals surface area contributed by atoms with E-state index in [4.69, 9.17) is 5.11 Å². The molecule has 1 saturated carbocycles. The number of carboxylic acids is 1. The number of fused-ring (bicyclic) bond motifs is 1. The van der Waals surface area contributed by atoms with Crippen molar-refractivity contribution in [3.05, 3.63) is 23.8 Å². The summed E-state index contributed by atoms with van der Waals surface area (Å²) in [6.45, 7) is 7.77. The zero-order valence-electron chi connectivity index (χ0n) is 11.0. The summed E-state index contributed by atoms with van der Waals surface area (Å²) >= 11 is 0. The summed E-state index contributed by atoms with van der Waals surface area (Å²) in [6, 6.07) is 0. The standard InChI is InChI=1S/C15H20O3/c1-8-4-5-11(9(2)15(17)18)6-13-10(3)14(16)7-12(8)13/h6,8,10-12H,2,4-5,7H2,1,3H3,(H,17,18)/t8?,10?,11-,12-/m0/s1. The molecule has 2 aliphatic rings. The van der Waals surface area contributed by atoms with Gasteiger partial charge in [0.1, 0.15) is 5.78 Å². The largest absolute Gasteiger partial charge is 0.478 e. The minimum absolute atomic E-state index is 0.0420. The van der Waals surface area contributed by atoms with E-state index in [-0.39, 0.29) is 17.4 Å². The second kappa shape index (κ2) is 4.71. The summed E-state index contributed by atoms with van der Waals surface area (Å²) in [5.74, 6) is -0.0200. The van der Waals surface area contributed by atoms with E-state index in [1.54, 1.807) is 0 Å². The second-order valence-corrected chi connectivity index (χ2v) is 5.66. The minimum atomic E-state index is -0.931. The lowest BCUT2D eigenvalue weighted by atomic mass is 9.87. The van der Waals surface area contributed by atoms with Gasteiger partial charge in [-0.15, -0.1) is 0 Å². The van der Waals surface area contributed by atoms with Crippen LogP contribution in [0.15, 0.2) is 23.8 Å². The number of aliphatic carboxylic acids is 1. The SMILES string of the molecule is C=C(C(=O)O)[C@@H]1C=C2C(C)C(=O)C[C@H]2C(C)CC1. The molecule has 0 saturated heterocycles. The number of carbonyl (C=O) groups excluding carboxylic acids is 1. The van der Waals surface area contributed by atoms with Gasteiger partial charge in [0.2, 0.25) is 0 Å². The maximum absolute atomic E-state index is 11.8. The van der Waals surface area contributed by atoms with Crippen LogP contribution >= 0.6 is 0 Å². The fourth-order valence-corrected chi connectivity index (χ4v) is 3.21. The highest BCUT2D eigenvalue weighted by Crippen LogP contribution is 2.44. The summed E-state index contributed by atoms with van der Waals surface area (Å²) < 4.78 is 0. The van der Waals surface area contributed by atoms with Crippen LogP contribution in [-0.4, -0.2) is 16.9 Å². The van der Waals surface area contributed by atoms with Crippen LogP contribution in [0, 0.1) is 23.7 Å². The summed E-state index contributed by atoms with van der Waals surface area (Å²) in [4.78, 5) is 22.9. The monoisotopic (exact) mass is 248 g/mol. The lowest BCUT2D eigenvalue weighted by molar-refractivity contribution is -0.133. The molecule has 0 heterocycles. The van der Waals surface area contributed by atoms with Crippen molar-refractivity contribution >= 4 is 11.8 Å². The van der Waals surface area contributed by atoms with Crippen molar-refractivity contribution in [3.63, 3.8) is 0 Å². The molecule has 2 aliphatic carbocycles. The molecule has 0 amide bonds. The van der Waals surface area contributed by atoms with Crippen LogP contribution in [0.4, 0.5) is 0 Å². The van der Waals surface area contributed by atoms with Crippen LogP contribution in [-0.2, 0) is 9.59 Å². The topological polar surface area (TPSA) is 54.4 Å². The van der Waals surface area contributed by atoms with Gasteiger partial charge in [0.15, 0.2) is 0 Å². The Morgan fingerprint density at radius 1 is 1.39 bits per heavy atom. The molecule has 1 fully saturated rings. The van der Waals surface area contributed by atoms with Gasteiger partial charge in [0.25, 0.3) is 0 Å². The van der Waals surface area contributed by atoms with Crippen molar-refractivity contribution < 1.29 is 14.7 Å². The molecule has 2 rings (SSSR count). The highest BCUT2D eigenvalue weighted by Gasteiger charge is 2.39. The van der Waals surface area contributed by atoms with Gasteiger partial charge in [0.05, 0.1) is 0 Å². The number of ketones is 1. The molecule has 0 bridgehead atoms. The Morgan fingerprint density at radius 2 is 2.06 bits per heavy atom. The Hall–Kier alpha value is -1.38. The Kier molecular flexibility index (Phi) is 3.42. The second-order valence-electron chi connectivity index (χ2n) is 5.66. The maximum Gasteiger partial charge on any atom is 0.331 e. The zero-order valence-corrected chi connectivity index (χ0v) is 11.0. The average Bonchev–Trinajstić information content (AvgIpc) is 2.50. The lowest BCUT2D eigenvalue weighted by Gasteiger charge is -2.17.